The third-order valence-electron chi connectivity index (χ3n) is 5.45. The lowest BCUT2D eigenvalue weighted by atomic mass is 10.2. The van der Waals surface area contributed by atoms with E-state index >= 15 is 0 Å². The summed E-state index contributed by atoms with van der Waals surface area (Å²) in [6.45, 7) is 4.10. The van der Waals surface area contributed by atoms with Crippen LogP contribution in [0, 0.1) is 13.8 Å². The zero-order valence-corrected chi connectivity index (χ0v) is 19.0. The highest BCUT2D eigenvalue weighted by Gasteiger charge is 2.41. The van der Waals surface area contributed by atoms with E-state index in [1.54, 1.807) is 33.8 Å². The summed E-state index contributed by atoms with van der Waals surface area (Å²) in [6, 6.07) is 7.90. The Balaban J connectivity index is 1.55. The Hall–Kier alpha value is -3.87. The van der Waals surface area contributed by atoms with Crippen molar-refractivity contribution in [2.45, 2.75) is 32.5 Å². The molecule has 4 heterocycles. The fourth-order valence-corrected chi connectivity index (χ4v) is 3.92. The molecule has 1 atom stereocenters. The molecule has 3 aromatic heterocycles. The molecule has 0 spiro atoms. The lowest BCUT2D eigenvalue weighted by Crippen LogP contribution is -2.45. The predicted octanol–water partition coefficient (Wildman–Crippen LogP) is 2.09. The first-order chi connectivity index (χ1) is 16.6. The van der Waals surface area contributed by atoms with Crippen molar-refractivity contribution in [3.63, 3.8) is 0 Å². The fourth-order valence-electron chi connectivity index (χ4n) is 3.92. The van der Waals surface area contributed by atoms with Crippen LogP contribution in [0.15, 0.2) is 42.9 Å². The number of aromatic nitrogens is 5. The van der Waals surface area contributed by atoms with E-state index in [9.17, 15) is 22.8 Å². The van der Waals surface area contributed by atoms with Crippen molar-refractivity contribution in [1.29, 1.82) is 0 Å². The molecule has 184 valence electrons. The van der Waals surface area contributed by atoms with E-state index < -0.39 is 18.1 Å². The summed E-state index contributed by atoms with van der Waals surface area (Å²) in [5.41, 5.74) is 1.66. The molecule has 35 heavy (non-hydrogen) atoms. The van der Waals surface area contributed by atoms with Crippen LogP contribution in [-0.2, 0) is 9.59 Å². The minimum atomic E-state index is -4.95. The van der Waals surface area contributed by atoms with E-state index in [1.807, 2.05) is 25.2 Å². The van der Waals surface area contributed by atoms with Gasteiger partial charge in [0.25, 0.3) is 0 Å². The summed E-state index contributed by atoms with van der Waals surface area (Å²) in [4.78, 5) is 40.5. The molecule has 1 aliphatic heterocycles. The van der Waals surface area contributed by atoms with Gasteiger partial charge in [-0.3, -0.25) is 14.5 Å². The molecular formula is C22H23F3N8O2. The molecule has 0 aliphatic carbocycles. The topological polar surface area (TPSA) is 109 Å². The number of aryl methyl sites for hydroxylation is 2. The van der Waals surface area contributed by atoms with E-state index in [4.69, 9.17) is 0 Å². The van der Waals surface area contributed by atoms with Crippen molar-refractivity contribution >= 4 is 23.5 Å². The average Bonchev–Trinajstić information content (AvgIpc) is 3.39. The maximum Gasteiger partial charge on any atom is 0.471 e. The van der Waals surface area contributed by atoms with Crippen LogP contribution in [0.1, 0.15) is 17.8 Å². The van der Waals surface area contributed by atoms with Crippen molar-refractivity contribution in [3.05, 3.63) is 54.2 Å². The minimum Gasteiger partial charge on any atom is -0.344 e. The van der Waals surface area contributed by atoms with Crippen LogP contribution < -0.4 is 10.2 Å². The average molecular weight is 488 g/mol. The Labute approximate surface area is 198 Å². The third kappa shape index (κ3) is 5.62. The molecule has 0 bridgehead atoms. The number of carbonyl (C=O) groups excluding carboxylic acids is 2. The molecule has 1 fully saturated rings. The molecule has 0 radical (unpaired) electrons. The number of carbonyl (C=O) groups is 2. The molecule has 0 aromatic carbocycles. The summed E-state index contributed by atoms with van der Waals surface area (Å²) >= 11 is 0. The van der Waals surface area contributed by atoms with Gasteiger partial charge in [-0.15, -0.1) is 0 Å². The molecule has 13 heteroatoms. The number of rotatable bonds is 6. The van der Waals surface area contributed by atoms with Crippen molar-refractivity contribution in [3.8, 4) is 5.82 Å². The van der Waals surface area contributed by atoms with Gasteiger partial charge in [0.05, 0.1) is 12.2 Å². The highest BCUT2D eigenvalue weighted by Crippen LogP contribution is 2.24. The molecule has 3 aromatic rings. The molecule has 10 nitrogen and oxygen atoms in total. The van der Waals surface area contributed by atoms with Gasteiger partial charge >= 0.3 is 12.1 Å². The maximum atomic E-state index is 13.4. The third-order valence-corrected chi connectivity index (χ3v) is 5.45. The molecule has 1 saturated heterocycles. The number of hydrogen-bond acceptors (Lipinski definition) is 7. The molecule has 1 N–H and O–H groups in total. The zero-order chi connectivity index (χ0) is 25.2. The Bertz CT molecular complexity index is 1210. The van der Waals surface area contributed by atoms with Crippen molar-refractivity contribution in [2.24, 2.45) is 0 Å². The van der Waals surface area contributed by atoms with Gasteiger partial charge in [-0.05, 0) is 38.5 Å². The van der Waals surface area contributed by atoms with Gasteiger partial charge < -0.3 is 5.32 Å². The number of alkyl halides is 3. The maximum absolute atomic E-state index is 13.4. The van der Waals surface area contributed by atoms with Crippen LogP contribution >= 0.6 is 0 Å². The number of pyridine rings is 1. The van der Waals surface area contributed by atoms with Gasteiger partial charge in [0.2, 0.25) is 5.91 Å². The highest BCUT2D eigenvalue weighted by atomic mass is 19.4. The lowest BCUT2D eigenvalue weighted by molar-refractivity contribution is -0.174. The Morgan fingerprint density at radius 2 is 1.94 bits per heavy atom. The van der Waals surface area contributed by atoms with Crippen LogP contribution in [0.25, 0.3) is 5.82 Å². The minimum absolute atomic E-state index is 0.103. The van der Waals surface area contributed by atoms with Gasteiger partial charge in [0.1, 0.15) is 18.0 Å². The number of hydrogen-bond donors (Lipinski definition) is 1. The van der Waals surface area contributed by atoms with Gasteiger partial charge in [0, 0.05) is 37.1 Å². The van der Waals surface area contributed by atoms with Crippen LogP contribution in [0.3, 0.4) is 0 Å². The van der Waals surface area contributed by atoms with E-state index in [1.165, 1.54) is 17.4 Å². The van der Waals surface area contributed by atoms with E-state index in [2.05, 4.69) is 20.1 Å². The molecular weight excluding hydrogens is 465 g/mol. The first-order valence-electron chi connectivity index (χ1n) is 10.8. The Morgan fingerprint density at radius 1 is 1.14 bits per heavy atom. The highest BCUT2D eigenvalue weighted by molar-refractivity contribution is 6.00. The van der Waals surface area contributed by atoms with Crippen molar-refractivity contribution < 1.29 is 22.8 Å². The van der Waals surface area contributed by atoms with E-state index in [0.29, 0.717) is 24.6 Å². The quantitative estimate of drug-likeness (QED) is 0.566. The monoisotopic (exact) mass is 488 g/mol. The molecule has 1 aliphatic rings. The van der Waals surface area contributed by atoms with E-state index in [0.717, 1.165) is 11.4 Å². The van der Waals surface area contributed by atoms with Crippen molar-refractivity contribution in [1.82, 2.24) is 34.9 Å². The van der Waals surface area contributed by atoms with Crippen LogP contribution in [0.5, 0.6) is 0 Å². The first-order valence-corrected chi connectivity index (χ1v) is 10.8. The summed E-state index contributed by atoms with van der Waals surface area (Å²) in [6.07, 6.45) is -1.79. The molecule has 0 saturated carbocycles. The zero-order valence-electron chi connectivity index (χ0n) is 19.0. The molecule has 1 unspecified atom stereocenters. The van der Waals surface area contributed by atoms with Gasteiger partial charge in [0.15, 0.2) is 5.82 Å². The lowest BCUT2D eigenvalue weighted by Gasteiger charge is -2.24. The molecule has 4 rings (SSSR count). The largest absolute Gasteiger partial charge is 0.471 e. The second-order valence-electron chi connectivity index (χ2n) is 8.18. The predicted molar refractivity (Wildman–Crippen MR) is 119 cm³/mol. The standard InChI is InChI=1S/C22H23F3N8O2/c1-14-9-15(2)33(30-14)19-10-18(27-13-28-19)32(17-5-3-4-7-26-17)20(34)12-31-8-6-16(11-31)29-21(35)22(23,24)25/h3-5,7,9-10,13,16H,6,8,11-12H2,1-2H3,(H,29,35). The number of likely N-dealkylation sites (tertiary alicyclic amines) is 1. The van der Waals surface area contributed by atoms with E-state index in [-0.39, 0.29) is 24.8 Å². The SMILES string of the molecule is Cc1cc(C)n(-c2cc(N(C(=O)CN3CCC(NC(=O)C(F)(F)F)C3)c3ccccn3)ncn2)n1. The number of amides is 2. The summed E-state index contributed by atoms with van der Waals surface area (Å²) < 4.78 is 39.3. The number of halogens is 3. The van der Waals surface area contributed by atoms with Crippen molar-refractivity contribution in [2.75, 3.05) is 24.5 Å². The summed E-state index contributed by atoms with van der Waals surface area (Å²) in [7, 11) is 0. The first kappa shape index (κ1) is 24.3. The number of anilines is 2. The summed E-state index contributed by atoms with van der Waals surface area (Å²) in [5.74, 6) is -1.30. The summed E-state index contributed by atoms with van der Waals surface area (Å²) in [5, 5.41) is 6.39. The number of nitrogens with zero attached hydrogens (tertiary/aromatic N) is 7. The normalized spacial score (nSPS) is 16.3. The van der Waals surface area contributed by atoms with Crippen LogP contribution in [0.2, 0.25) is 0 Å². The van der Waals surface area contributed by atoms with Crippen LogP contribution in [0.4, 0.5) is 24.8 Å². The smallest absolute Gasteiger partial charge is 0.344 e. The van der Waals surface area contributed by atoms with Gasteiger partial charge in [-0.2, -0.15) is 18.3 Å². The van der Waals surface area contributed by atoms with Gasteiger partial charge in [-0.25, -0.2) is 24.5 Å². The molecule has 2 amide bonds. The van der Waals surface area contributed by atoms with Crippen LogP contribution in [-0.4, -0.2) is 73.3 Å². The Morgan fingerprint density at radius 3 is 2.60 bits per heavy atom. The van der Waals surface area contributed by atoms with Gasteiger partial charge in [-0.1, -0.05) is 6.07 Å². The number of nitrogens with one attached hydrogen (secondary N) is 1. The Kier molecular flexibility index (Phi) is 6.78. The second-order valence-corrected chi connectivity index (χ2v) is 8.18. The fraction of sp³-hybridized carbons (Fsp3) is 0.364. The second kappa shape index (κ2) is 9.78.